The van der Waals surface area contributed by atoms with Crippen LogP contribution in [-0.2, 0) is 6.54 Å². The first kappa shape index (κ1) is 17.8. The molecule has 30 heavy (non-hydrogen) atoms. The Labute approximate surface area is 177 Å². The van der Waals surface area contributed by atoms with Crippen molar-refractivity contribution in [2.75, 3.05) is 0 Å². The van der Waals surface area contributed by atoms with Crippen LogP contribution in [0.3, 0.4) is 0 Å². The van der Waals surface area contributed by atoms with Crippen LogP contribution in [0.4, 0.5) is 0 Å². The summed E-state index contributed by atoms with van der Waals surface area (Å²) >= 11 is 0. The summed E-state index contributed by atoms with van der Waals surface area (Å²) < 4.78 is 6.10. The van der Waals surface area contributed by atoms with Gasteiger partial charge in [-0.2, -0.15) is 0 Å². The average molecular weight is 396 g/mol. The molecule has 0 amide bonds. The summed E-state index contributed by atoms with van der Waals surface area (Å²) in [6, 6.07) is 26.0. The lowest BCUT2D eigenvalue weighted by Crippen LogP contribution is -2.40. The highest BCUT2D eigenvalue weighted by molar-refractivity contribution is 5.91. The number of benzene rings is 3. The number of nitrogens with zero attached hydrogens (tertiary/aromatic N) is 1. The number of rotatable bonds is 2. The Balaban J connectivity index is 1.41. The third-order valence-corrected chi connectivity index (χ3v) is 6.93. The van der Waals surface area contributed by atoms with Gasteiger partial charge in [0, 0.05) is 29.8 Å². The van der Waals surface area contributed by atoms with Crippen molar-refractivity contribution in [1.82, 2.24) is 4.90 Å². The normalized spacial score (nSPS) is 22.4. The van der Waals surface area contributed by atoms with E-state index in [1.165, 1.54) is 29.6 Å². The summed E-state index contributed by atoms with van der Waals surface area (Å²) in [4.78, 5) is 2.72. The molecule has 3 aliphatic rings. The molecule has 3 heteroatoms. The van der Waals surface area contributed by atoms with E-state index in [-0.39, 0.29) is 5.75 Å². The molecule has 2 unspecified atom stereocenters. The summed E-state index contributed by atoms with van der Waals surface area (Å²) in [5.41, 5.74) is 6.37. The number of hydrogen-bond donors (Lipinski definition) is 1. The molecule has 0 spiro atoms. The molecule has 2 atom stereocenters. The molecule has 3 aromatic rings. The second-order valence-corrected chi connectivity index (χ2v) is 8.68. The van der Waals surface area contributed by atoms with E-state index in [2.05, 4.69) is 53.4 Å². The summed E-state index contributed by atoms with van der Waals surface area (Å²) in [5, 5.41) is 10.5. The van der Waals surface area contributed by atoms with Crippen LogP contribution >= 0.6 is 0 Å². The number of phenolic OH excluding ortho intramolecular Hbond substituents is 1. The summed E-state index contributed by atoms with van der Waals surface area (Å²) in [6.45, 7) is 1.04. The van der Waals surface area contributed by atoms with Crippen LogP contribution in [0.25, 0.3) is 5.57 Å². The molecule has 2 fully saturated rings. The van der Waals surface area contributed by atoms with E-state index in [4.69, 9.17) is 4.74 Å². The van der Waals surface area contributed by atoms with Gasteiger partial charge in [0.25, 0.3) is 0 Å². The van der Waals surface area contributed by atoms with Crippen LogP contribution in [0.15, 0.2) is 78.4 Å². The molecule has 1 N–H and O–H groups in total. The molecule has 3 heterocycles. The van der Waals surface area contributed by atoms with E-state index in [1.807, 2.05) is 18.2 Å². The first-order chi connectivity index (χ1) is 14.8. The van der Waals surface area contributed by atoms with E-state index >= 15 is 0 Å². The molecular weight excluding hydrogens is 370 g/mol. The van der Waals surface area contributed by atoms with Gasteiger partial charge in [-0.1, -0.05) is 66.2 Å². The number of phenols is 1. The Hall–Kier alpha value is -3.04. The molecule has 0 aromatic heterocycles. The highest BCUT2D eigenvalue weighted by Crippen LogP contribution is 2.51. The number of para-hydroxylation sites is 2. The quantitative estimate of drug-likeness (QED) is 0.443. The van der Waals surface area contributed by atoms with Gasteiger partial charge in [0.05, 0.1) is 0 Å². The topological polar surface area (TPSA) is 32.7 Å². The van der Waals surface area contributed by atoms with Crippen molar-refractivity contribution in [2.45, 2.75) is 44.3 Å². The third-order valence-electron chi connectivity index (χ3n) is 6.93. The van der Waals surface area contributed by atoms with Crippen molar-refractivity contribution in [3.05, 3.63) is 95.1 Å². The van der Waals surface area contributed by atoms with Gasteiger partial charge in [0.15, 0.2) is 11.5 Å². The maximum Gasteiger partial charge on any atom is 0.176 e. The van der Waals surface area contributed by atoms with Gasteiger partial charge in [-0.25, -0.2) is 0 Å². The van der Waals surface area contributed by atoms with E-state index in [0.717, 1.165) is 36.3 Å². The summed E-state index contributed by atoms with van der Waals surface area (Å²) in [7, 11) is 0. The van der Waals surface area contributed by atoms with E-state index < -0.39 is 0 Å². The van der Waals surface area contributed by atoms with Gasteiger partial charge in [0.1, 0.15) is 5.75 Å². The Bertz CT molecular complexity index is 1120. The average Bonchev–Trinajstić information content (AvgIpc) is 3.00. The molecule has 3 aromatic carbocycles. The summed E-state index contributed by atoms with van der Waals surface area (Å²) in [5.74, 6) is 1.65. The van der Waals surface area contributed by atoms with Gasteiger partial charge in [-0.05, 0) is 49.0 Å². The third kappa shape index (κ3) is 2.85. The predicted molar refractivity (Wildman–Crippen MR) is 119 cm³/mol. The van der Waals surface area contributed by atoms with E-state index in [9.17, 15) is 5.11 Å². The maximum absolute atomic E-state index is 10.5. The minimum absolute atomic E-state index is 0.213. The number of ether oxygens (including phenoxy) is 1. The Morgan fingerprint density at radius 3 is 2.30 bits per heavy atom. The zero-order valence-electron chi connectivity index (χ0n) is 16.9. The van der Waals surface area contributed by atoms with Crippen molar-refractivity contribution in [2.24, 2.45) is 0 Å². The van der Waals surface area contributed by atoms with Crippen molar-refractivity contribution in [3.8, 4) is 17.2 Å². The molecule has 0 radical (unpaired) electrons. The lowest BCUT2D eigenvalue weighted by molar-refractivity contribution is 0.157. The molecule has 3 nitrogen and oxygen atoms in total. The Morgan fingerprint density at radius 2 is 1.50 bits per heavy atom. The van der Waals surface area contributed by atoms with E-state index in [0.29, 0.717) is 17.8 Å². The first-order valence-corrected chi connectivity index (χ1v) is 10.9. The van der Waals surface area contributed by atoms with E-state index in [1.54, 1.807) is 6.07 Å². The number of piperidine rings is 1. The highest BCUT2D eigenvalue weighted by atomic mass is 16.5. The van der Waals surface area contributed by atoms with Gasteiger partial charge in [0.2, 0.25) is 0 Å². The van der Waals surface area contributed by atoms with Crippen molar-refractivity contribution in [3.63, 3.8) is 0 Å². The second kappa shape index (κ2) is 7.03. The minimum atomic E-state index is 0.213. The Kier molecular flexibility index (Phi) is 4.17. The Morgan fingerprint density at radius 1 is 0.800 bits per heavy atom. The molecule has 0 saturated carbocycles. The van der Waals surface area contributed by atoms with Crippen molar-refractivity contribution >= 4 is 5.57 Å². The van der Waals surface area contributed by atoms with Gasteiger partial charge >= 0.3 is 0 Å². The van der Waals surface area contributed by atoms with Crippen molar-refractivity contribution < 1.29 is 9.84 Å². The smallest absolute Gasteiger partial charge is 0.176 e. The lowest BCUT2D eigenvalue weighted by atomic mass is 9.83. The molecular formula is C27H25NO2. The molecule has 0 aliphatic carbocycles. The SMILES string of the molecule is Oc1cccc2c1Oc1ccccc1C2=C1CC2CCC(C1)N2Cc1ccccc1. The molecule has 3 aliphatic heterocycles. The molecule has 2 saturated heterocycles. The second-order valence-electron chi connectivity index (χ2n) is 8.68. The standard InChI is InChI=1S/C27H25NO2/c29-24-11-6-10-23-26(22-9-4-5-12-25(22)30-27(23)24)19-15-20-13-14-21(16-19)28(20)17-18-7-2-1-3-8-18/h1-12,20-21,29H,13-17H2. The number of aromatic hydroxyl groups is 1. The fraction of sp³-hybridized carbons (Fsp3) is 0.259. The van der Waals surface area contributed by atoms with Crippen LogP contribution in [0, 0.1) is 0 Å². The predicted octanol–water partition coefficient (Wildman–Crippen LogP) is 6.13. The van der Waals surface area contributed by atoms with Crippen molar-refractivity contribution in [1.29, 1.82) is 0 Å². The maximum atomic E-state index is 10.5. The van der Waals surface area contributed by atoms with Crippen LogP contribution in [0.1, 0.15) is 42.4 Å². The lowest BCUT2D eigenvalue weighted by Gasteiger charge is -2.38. The zero-order valence-corrected chi connectivity index (χ0v) is 16.9. The number of hydrogen-bond acceptors (Lipinski definition) is 3. The zero-order chi connectivity index (χ0) is 20.1. The first-order valence-electron chi connectivity index (χ1n) is 10.9. The van der Waals surface area contributed by atoms with Gasteiger partial charge in [-0.15, -0.1) is 0 Å². The van der Waals surface area contributed by atoms with Crippen LogP contribution in [-0.4, -0.2) is 22.1 Å². The van der Waals surface area contributed by atoms with Crippen LogP contribution in [0.2, 0.25) is 0 Å². The molecule has 2 bridgehead atoms. The summed E-state index contributed by atoms with van der Waals surface area (Å²) in [6.07, 6.45) is 4.70. The van der Waals surface area contributed by atoms with Crippen LogP contribution in [0.5, 0.6) is 17.2 Å². The minimum Gasteiger partial charge on any atom is -0.504 e. The fourth-order valence-electron chi connectivity index (χ4n) is 5.59. The number of fused-ring (bicyclic) bond motifs is 4. The molecule has 150 valence electrons. The molecule has 6 rings (SSSR count). The van der Waals surface area contributed by atoms with Crippen LogP contribution < -0.4 is 4.74 Å². The van der Waals surface area contributed by atoms with Gasteiger partial charge < -0.3 is 9.84 Å². The fourth-order valence-corrected chi connectivity index (χ4v) is 5.59. The highest BCUT2D eigenvalue weighted by Gasteiger charge is 2.40. The largest absolute Gasteiger partial charge is 0.504 e. The van der Waals surface area contributed by atoms with Gasteiger partial charge in [-0.3, -0.25) is 4.90 Å². The monoisotopic (exact) mass is 395 g/mol.